The predicted octanol–water partition coefficient (Wildman–Crippen LogP) is 1.73. The minimum absolute atomic E-state index is 0.0732. The summed E-state index contributed by atoms with van der Waals surface area (Å²) in [5.41, 5.74) is -1.00. The Kier molecular flexibility index (Phi) is 3.62. The number of hydrogen-bond acceptors (Lipinski definition) is 6. The van der Waals surface area contributed by atoms with Crippen molar-refractivity contribution >= 4 is 11.9 Å². The van der Waals surface area contributed by atoms with Crippen LogP contribution >= 0.6 is 0 Å². The Labute approximate surface area is 139 Å². The number of aromatic nitrogens is 3. The molecule has 8 nitrogen and oxygen atoms in total. The Balaban J connectivity index is 1.84. The number of carbonyl (C=O) groups excluding carboxylic acids is 2. The minimum Gasteiger partial charge on any atom is -0.337 e. The van der Waals surface area contributed by atoms with E-state index in [-0.39, 0.29) is 17.9 Å². The maximum atomic E-state index is 12.8. The molecule has 1 atom stereocenters. The van der Waals surface area contributed by atoms with Crippen molar-refractivity contribution < 1.29 is 14.1 Å². The minimum atomic E-state index is -1.20. The lowest BCUT2D eigenvalue weighted by molar-refractivity contribution is -0.131. The van der Waals surface area contributed by atoms with Gasteiger partial charge in [-0.2, -0.15) is 4.98 Å². The summed E-state index contributed by atoms with van der Waals surface area (Å²) < 4.78 is 5.17. The maximum Gasteiger partial charge on any atom is 0.325 e. The average Bonchev–Trinajstić information content (AvgIpc) is 3.08. The van der Waals surface area contributed by atoms with E-state index >= 15 is 0 Å². The summed E-state index contributed by atoms with van der Waals surface area (Å²) in [6, 6.07) is 4.71. The van der Waals surface area contributed by atoms with Crippen LogP contribution in [0.3, 0.4) is 0 Å². The predicted molar refractivity (Wildman–Crippen MR) is 83.7 cm³/mol. The summed E-state index contributed by atoms with van der Waals surface area (Å²) >= 11 is 0. The lowest BCUT2D eigenvalue weighted by Crippen LogP contribution is -2.41. The van der Waals surface area contributed by atoms with Crippen molar-refractivity contribution in [3.05, 3.63) is 41.8 Å². The summed E-state index contributed by atoms with van der Waals surface area (Å²) in [5.74, 6) is 0.340. The van der Waals surface area contributed by atoms with Gasteiger partial charge in [0.05, 0.1) is 5.69 Å². The van der Waals surface area contributed by atoms with Gasteiger partial charge in [-0.15, -0.1) is 0 Å². The number of carbonyl (C=O) groups is 2. The van der Waals surface area contributed by atoms with Gasteiger partial charge in [0.15, 0.2) is 11.4 Å². The van der Waals surface area contributed by atoms with E-state index in [1.54, 1.807) is 31.3 Å². The van der Waals surface area contributed by atoms with Crippen molar-refractivity contribution in [3.63, 3.8) is 0 Å². The first-order chi connectivity index (χ1) is 11.2. The van der Waals surface area contributed by atoms with Crippen molar-refractivity contribution in [2.24, 2.45) is 0 Å². The molecule has 3 rings (SSSR count). The fraction of sp³-hybridized carbons (Fsp3) is 0.438. The number of imide groups is 1. The molecule has 0 spiro atoms. The van der Waals surface area contributed by atoms with Gasteiger partial charge in [-0.3, -0.25) is 14.7 Å². The molecular weight excluding hydrogens is 310 g/mol. The van der Waals surface area contributed by atoms with Gasteiger partial charge in [0, 0.05) is 11.6 Å². The molecule has 3 heterocycles. The molecule has 1 aliphatic rings. The summed E-state index contributed by atoms with van der Waals surface area (Å²) in [7, 11) is 0. The van der Waals surface area contributed by atoms with Crippen LogP contribution < -0.4 is 5.32 Å². The van der Waals surface area contributed by atoms with Gasteiger partial charge in [0.25, 0.3) is 5.91 Å². The second-order valence-corrected chi connectivity index (χ2v) is 6.92. The van der Waals surface area contributed by atoms with Crippen molar-refractivity contribution in [2.45, 2.75) is 45.2 Å². The summed E-state index contributed by atoms with van der Waals surface area (Å²) in [6.07, 6.45) is 1.58. The third-order valence-electron chi connectivity index (χ3n) is 3.88. The van der Waals surface area contributed by atoms with E-state index in [0.29, 0.717) is 11.5 Å². The molecule has 0 radical (unpaired) electrons. The first-order valence-electron chi connectivity index (χ1n) is 7.60. The van der Waals surface area contributed by atoms with Crippen LogP contribution in [0.25, 0.3) is 0 Å². The van der Waals surface area contributed by atoms with Crippen molar-refractivity contribution in [3.8, 4) is 0 Å². The third kappa shape index (κ3) is 2.64. The van der Waals surface area contributed by atoms with Crippen LogP contribution in [0, 0.1) is 0 Å². The second kappa shape index (κ2) is 5.40. The zero-order chi connectivity index (χ0) is 17.5. The standard InChI is InChI=1S/C16H19N5O3/c1-15(2,3)12-18-11(24-20-12)9-21-13(22)16(4,19-14(21)23)10-7-5-6-8-17-10/h5-8H,9H2,1-4H3,(H,19,23). The quantitative estimate of drug-likeness (QED) is 0.861. The Bertz CT molecular complexity index is 781. The van der Waals surface area contributed by atoms with Crippen LogP contribution in [0.1, 0.15) is 45.1 Å². The number of hydrogen-bond donors (Lipinski definition) is 1. The van der Waals surface area contributed by atoms with E-state index in [4.69, 9.17) is 4.52 Å². The number of nitrogens with one attached hydrogen (secondary N) is 1. The molecule has 3 amide bonds. The maximum absolute atomic E-state index is 12.8. The smallest absolute Gasteiger partial charge is 0.325 e. The number of amides is 3. The first kappa shape index (κ1) is 16.1. The van der Waals surface area contributed by atoms with Gasteiger partial charge in [-0.05, 0) is 19.1 Å². The largest absolute Gasteiger partial charge is 0.337 e. The summed E-state index contributed by atoms with van der Waals surface area (Å²) in [4.78, 5) is 34.5. The average molecular weight is 329 g/mol. The number of urea groups is 1. The Morgan fingerprint density at radius 3 is 2.62 bits per heavy atom. The van der Waals surface area contributed by atoms with Gasteiger partial charge >= 0.3 is 6.03 Å². The lowest BCUT2D eigenvalue weighted by Gasteiger charge is -2.20. The van der Waals surface area contributed by atoms with Crippen molar-refractivity contribution in [1.29, 1.82) is 0 Å². The van der Waals surface area contributed by atoms with Crippen molar-refractivity contribution in [2.75, 3.05) is 0 Å². The summed E-state index contributed by atoms with van der Waals surface area (Å²) in [5, 5.41) is 6.59. The highest BCUT2D eigenvalue weighted by molar-refractivity contribution is 6.06. The zero-order valence-corrected chi connectivity index (χ0v) is 14.0. The van der Waals surface area contributed by atoms with Gasteiger partial charge in [0.1, 0.15) is 6.54 Å². The van der Waals surface area contributed by atoms with Crippen LogP contribution in [0.5, 0.6) is 0 Å². The van der Waals surface area contributed by atoms with E-state index < -0.39 is 17.5 Å². The fourth-order valence-corrected chi connectivity index (χ4v) is 2.43. The van der Waals surface area contributed by atoms with E-state index in [1.807, 2.05) is 20.8 Å². The van der Waals surface area contributed by atoms with E-state index in [2.05, 4.69) is 20.4 Å². The zero-order valence-electron chi connectivity index (χ0n) is 14.0. The van der Waals surface area contributed by atoms with Crippen LogP contribution in [-0.2, 0) is 22.3 Å². The molecule has 2 aromatic rings. The van der Waals surface area contributed by atoms with Gasteiger partial charge < -0.3 is 9.84 Å². The molecule has 1 unspecified atom stereocenters. The van der Waals surface area contributed by atoms with Crippen LogP contribution in [0.15, 0.2) is 28.9 Å². The highest BCUT2D eigenvalue weighted by atomic mass is 16.5. The van der Waals surface area contributed by atoms with Crippen LogP contribution in [0.4, 0.5) is 4.79 Å². The Morgan fingerprint density at radius 2 is 2.04 bits per heavy atom. The van der Waals surface area contributed by atoms with E-state index in [0.717, 1.165) is 4.90 Å². The molecule has 1 saturated heterocycles. The van der Waals surface area contributed by atoms with E-state index in [9.17, 15) is 9.59 Å². The highest BCUT2D eigenvalue weighted by Crippen LogP contribution is 2.28. The molecule has 0 aliphatic carbocycles. The summed E-state index contributed by atoms with van der Waals surface area (Å²) in [6.45, 7) is 7.41. The number of rotatable bonds is 3. The van der Waals surface area contributed by atoms with Gasteiger partial charge in [0.2, 0.25) is 5.89 Å². The van der Waals surface area contributed by atoms with E-state index in [1.165, 1.54) is 0 Å². The van der Waals surface area contributed by atoms with Crippen LogP contribution in [0.2, 0.25) is 0 Å². The molecule has 1 fully saturated rings. The molecule has 24 heavy (non-hydrogen) atoms. The number of nitrogens with zero attached hydrogens (tertiary/aromatic N) is 4. The highest BCUT2D eigenvalue weighted by Gasteiger charge is 2.50. The molecule has 0 bridgehead atoms. The molecule has 0 saturated carbocycles. The molecule has 8 heteroatoms. The lowest BCUT2D eigenvalue weighted by atomic mass is 9.96. The van der Waals surface area contributed by atoms with Gasteiger partial charge in [-0.1, -0.05) is 32.0 Å². The topological polar surface area (TPSA) is 101 Å². The number of pyridine rings is 1. The Morgan fingerprint density at radius 1 is 1.29 bits per heavy atom. The van der Waals surface area contributed by atoms with Crippen LogP contribution in [-0.4, -0.2) is 32.0 Å². The molecule has 1 aliphatic heterocycles. The monoisotopic (exact) mass is 329 g/mol. The molecule has 126 valence electrons. The fourth-order valence-electron chi connectivity index (χ4n) is 2.43. The van der Waals surface area contributed by atoms with Crippen molar-refractivity contribution in [1.82, 2.24) is 25.3 Å². The molecule has 0 aromatic carbocycles. The first-order valence-corrected chi connectivity index (χ1v) is 7.60. The van der Waals surface area contributed by atoms with Gasteiger partial charge in [-0.25, -0.2) is 4.79 Å². The Hall–Kier alpha value is -2.77. The third-order valence-corrected chi connectivity index (χ3v) is 3.88. The normalized spacial score (nSPS) is 21.2. The molecular formula is C16H19N5O3. The second-order valence-electron chi connectivity index (χ2n) is 6.92. The molecule has 1 N–H and O–H groups in total. The SMILES string of the molecule is CC(C)(C)c1noc(CN2C(=O)NC(C)(c3ccccn3)C2=O)n1. The molecule has 2 aromatic heterocycles.